The van der Waals surface area contributed by atoms with Crippen molar-refractivity contribution in [3.8, 4) is 0 Å². The highest BCUT2D eigenvalue weighted by Gasteiger charge is 2.11. The fourth-order valence-electron chi connectivity index (χ4n) is 2.65. The lowest BCUT2D eigenvalue weighted by atomic mass is 10.0. The summed E-state index contributed by atoms with van der Waals surface area (Å²) in [5.41, 5.74) is 1.28. The van der Waals surface area contributed by atoms with E-state index in [4.69, 9.17) is 0 Å². The average Bonchev–Trinajstić information content (AvgIpc) is 2.53. The number of rotatable bonds is 12. The first-order valence-corrected chi connectivity index (χ1v) is 10.7. The highest BCUT2D eigenvalue weighted by molar-refractivity contribution is 7.92. The van der Waals surface area contributed by atoms with Gasteiger partial charge in [-0.2, -0.15) is 0 Å². The molecule has 1 aromatic rings. The molecule has 0 radical (unpaired) electrons. The number of anilines is 1. The molecule has 0 spiro atoms. The Bertz CT molecular complexity index is 558. The number of benzene rings is 1. The van der Waals surface area contributed by atoms with Gasteiger partial charge in [-0.3, -0.25) is 4.72 Å². The fraction of sp³-hybridized carbons (Fsp3) is 0.667. The number of aliphatic hydroxyl groups is 1. The van der Waals surface area contributed by atoms with Crippen LogP contribution in [0.15, 0.2) is 24.3 Å². The van der Waals surface area contributed by atoms with Gasteiger partial charge in [-0.25, -0.2) is 8.42 Å². The van der Waals surface area contributed by atoms with E-state index in [9.17, 15) is 13.5 Å². The van der Waals surface area contributed by atoms with E-state index in [1.807, 2.05) is 0 Å². The van der Waals surface area contributed by atoms with E-state index in [-0.39, 0.29) is 0 Å². The molecular weight excluding hydrogens is 324 g/mol. The third-order valence-electron chi connectivity index (χ3n) is 4.10. The molecule has 2 unspecified atom stereocenters. The molecule has 0 saturated carbocycles. The zero-order valence-corrected chi connectivity index (χ0v) is 15.9. The molecule has 6 heteroatoms. The van der Waals surface area contributed by atoms with E-state index in [2.05, 4.69) is 23.9 Å². The Labute approximate surface area is 146 Å². The van der Waals surface area contributed by atoms with Gasteiger partial charge in [0.1, 0.15) is 0 Å². The maximum atomic E-state index is 11.2. The van der Waals surface area contributed by atoms with Crippen molar-refractivity contribution in [2.45, 2.75) is 64.5 Å². The molecule has 24 heavy (non-hydrogen) atoms. The van der Waals surface area contributed by atoms with Crippen molar-refractivity contribution in [3.05, 3.63) is 29.8 Å². The lowest BCUT2D eigenvalue weighted by Gasteiger charge is -2.20. The maximum absolute atomic E-state index is 11.2. The van der Waals surface area contributed by atoms with Crippen molar-refractivity contribution >= 4 is 15.7 Å². The molecule has 138 valence electrons. The van der Waals surface area contributed by atoms with Crippen LogP contribution < -0.4 is 10.0 Å². The zero-order chi connectivity index (χ0) is 18.0. The van der Waals surface area contributed by atoms with Crippen LogP contribution in [0.2, 0.25) is 0 Å². The molecular formula is C18H32N2O3S. The predicted molar refractivity (Wildman–Crippen MR) is 101 cm³/mol. The minimum absolute atomic E-state index is 0.433. The summed E-state index contributed by atoms with van der Waals surface area (Å²) >= 11 is 0. The molecule has 0 bridgehead atoms. The summed E-state index contributed by atoms with van der Waals surface area (Å²) in [6.45, 7) is 4.88. The quantitative estimate of drug-likeness (QED) is 0.501. The molecule has 0 aliphatic carbocycles. The van der Waals surface area contributed by atoms with Gasteiger partial charge < -0.3 is 10.4 Å². The number of hydrogen-bond acceptors (Lipinski definition) is 4. The van der Waals surface area contributed by atoms with Crippen LogP contribution in [-0.2, 0) is 10.0 Å². The SMILES string of the molecule is CCCCCCC(CC)NCC(O)c1ccc(NS(C)(=O)=O)cc1. The summed E-state index contributed by atoms with van der Waals surface area (Å²) in [7, 11) is -3.27. The number of unbranched alkanes of at least 4 members (excludes halogenated alkanes) is 3. The summed E-state index contributed by atoms with van der Waals surface area (Å²) in [6, 6.07) is 7.27. The van der Waals surface area contributed by atoms with Crippen LogP contribution in [0, 0.1) is 0 Å². The van der Waals surface area contributed by atoms with Gasteiger partial charge in [0.05, 0.1) is 12.4 Å². The summed E-state index contributed by atoms with van der Waals surface area (Å²) < 4.78 is 24.8. The molecule has 0 aliphatic heterocycles. The number of sulfonamides is 1. The van der Waals surface area contributed by atoms with Crippen molar-refractivity contribution < 1.29 is 13.5 Å². The van der Waals surface area contributed by atoms with Gasteiger partial charge in [-0.05, 0) is 30.5 Å². The molecule has 1 aromatic carbocycles. The smallest absolute Gasteiger partial charge is 0.229 e. The molecule has 2 atom stereocenters. The van der Waals surface area contributed by atoms with Gasteiger partial charge in [0.2, 0.25) is 10.0 Å². The van der Waals surface area contributed by atoms with E-state index in [1.165, 1.54) is 25.7 Å². The second-order valence-electron chi connectivity index (χ2n) is 6.37. The van der Waals surface area contributed by atoms with Crippen molar-refractivity contribution in [1.82, 2.24) is 5.32 Å². The Morgan fingerprint density at radius 2 is 1.75 bits per heavy atom. The molecule has 0 saturated heterocycles. The second-order valence-corrected chi connectivity index (χ2v) is 8.12. The van der Waals surface area contributed by atoms with Crippen molar-refractivity contribution in [1.29, 1.82) is 0 Å². The summed E-state index contributed by atoms with van der Waals surface area (Å²) in [5.74, 6) is 0. The first kappa shape index (κ1) is 20.9. The topological polar surface area (TPSA) is 78.4 Å². The zero-order valence-electron chi connectivity index (χ0n) is 15.1. The van der Waals surface area contributed by atoms with Crippen LogP contribution in [-0.4, -0.2) is 32.4 Å². The van der Waals surface area contributed by atoms with Crippen molar-refractivity contribution in [2.75, 3.05) is 17.5 Å². The number of nitrogens with one attached hydrogen (secondary N) is 2. The normalized spacial score (nSPS) is 14.3. The van der Waals surface area contributed by atoms with Gasteiger partial charge in [0.15, 0.2) is 0 Å². The first-order valence-electron chi connectivity index (χ1n) is 8.85. The van der Waals surface area contributed by atoms with Crippen LogP contribution in [0.3, 0.4) is 0 Å². The van der Waals surface area contributed by atoms with Crippen LogP contribution in [0.25, 0.3) is 0 Å². The largest absolute Gasteiger partial charge is 0.387 e. The van der Waals surface area contributed by atoms with Gasteiger partial charge in [0.25, 0.3) is 0 Å². The second kappa shape index (κ2) is 10.7. The molecule has 0 aliphatic rings. The maximum Gasteiger partial charge on any atom is 0.229 e. The lowest BCUT2D eigenvalue weighted by Crippen LogP contribution is -2.32. The number of hydrogen-bond donors (Lipinski definition) is 3. The third-order valence-corrected chi connectivity index (χ3v) is 4.70. The van der Waals surface area contributed by atoms with Gasteiger partial charge in [-0.15, -0.1) is 0 Å². The highest BCUT2D eigenvalue weighted by Crippen LogP contribution is 2.17. The highest BCUT2D eigenvalue weighted by atomic mass is 32.2. The summed E-state index contributed by atoms with van der Waals surface area (Å²) in [4.78, 5) is 0. The molecule has 5 nitrogen and oxygen atoms in total. The Morgan fingerprint density at radius 1 is 1.08 bits per heavy atom. The molecule has 0 aromatic heterocycles. The number of aliphatic hydroxyl groups excluding tert-OH is 1. The van der Waals surface area contributed by atoms with Crippen molar-refractivity contribution in [3.63, 3.8) is 0 Å². The molecule has 1 rings (SSSR count). The van der Waals surface area contributed by atoms with E-state index in [0.29, 0.717) is 18.3 Å². The minimum Gasteiger partial charge on any atom is -0.387 e. The van der Waals surface area contributed by atoms with Crippen LogP contribution in [0.5, 0.6) is 0 Å². The predicted octanol–water partition coefficient (Wildman–Crippen LogP) is 3.43. The Morgan fingerprint density at radius 3 is 2.29 bits per heavy atom. The van der Waals surface area contributed by atoms with E-state index in [1.54, 1.807) is 24.3 Å². The molecule has 0 heterocycles. The van der Waals surface area contributed by atoms with Crippen molar-refractivity contribution in [2.24, 2.45) is 0 Å². The molecule has 0 amide bonds. The Kier molecular flexibility index (Phi) is 9.33. The van der Waals surface area contributed by atoms with Gasteiger partial charge in [-0.1, -0.05) is 51.7 Å². The van der Waals surface area contributed by atoms with Crippen LogP contribution in [0.1, 0.15) is 64.0 Å². The van der Waals surface area contributed by atoms with Crippen LogP contribution >= 0.6 is 0 Å². The van der Waals surface area contributed by atoms with Crippen LogP contribution in [0.4, 0.5) is 5.69 Å². The van der Waals surface area contributed by atoms with E-state index >= 15 is 0 Å². The Hall–Kier alpha value is -1.11. The molecule has 0 fully saturated rings. The summed E-state index contributed by atoms with van der Waals surface area (Å²) in [6.07, 6.45) is 7.73. The fourth-order valence-corrected chi connectivity index (χ4v) is 3.22. The third kappa shape index (κ3) is 8.66. The molecule has 3 N–H and O–H groups in total. The first-order chi connectivity index (χ1) is 11.4. The lowest BCUT2D eigenvalue weighted by molar-refractivity contribution is 0.168. The monoisotopic (exact) mass is 356 g/mol. The minimum atomic E-state index is -3.27. The van der Waals surface area contributed by atoms with E-state index < -0.39 is 16.1 Å². The standard InChI is InChI=1S/C18H32N2O3S/c1-4-6-7-8-9-16(5-2)19-14-18(21)15-10-12-17(13-11-15)20-24(3,22)23/h10-13,16,18-21H,4-9,14H2,1-3H3. The van der Waals surface area contributed by atoms with Gasteiger partial charge in [0, 0.05) is 18.3 Å². The average molecular weight is 357 g/mol. The summed E-state index contributed by atoms with van der Waals surface area (Å²) in [5, 5.41) is 13.7. The Balaban J connectivity index is 2.44. The van der Waals surface area contributed by atoms with Gasteiger partial charge >= 0.3 is 0 Å². The van der Waals surface area contributed by atoms with E-state index in [0.717, 1.165) is 24.7 Å².